The summed E-state index contributed by atoms with van der Waals surface area (Å²) in [5.74, 6) is 2.50. The van der Waals surface area contributed by atoms with Gasteiger partial charge in [0.25, 0.3) is 0 Å². The summed E-state index contributed by atoms with van der Waals surface area (Å²) in [4.78, 5) is 11.3. The smallest absolute Gasteiger partial charge is 0.135 e. The third kappa shape index (κ3) is 3.18. The number of rotatable bonds is 3. The van der Waals surface area contributed by atoms with Crippen molar-refractivity contribution in [2.24, 2.45) is 5.92 Å². The Balaban J connectivity index is 1.61. The zero-order chi connectivity index (χ0) is 15.0. The van der Waals surface area contributed by atoms with E-state index in [-0.39, 0.29) is 5.41 Å². The van der Waals surface area contributed by atoms with Crippen LogP contribution in [0.4, 0.5) is 5.82 Å². The van der Waals surface area contributed by atoms with Gasteiger partial charge in [-0.15, -0.1) is 0 Å². The molecule has 0 aromatic carbocycles. The van der Waals surface area contributed by atoms with Gasteiger partial charge in [-0.3, -0.25) is 4.68 Å². The summed E-state index contributed by atoms with van der Waals surface area (Å²) < 4.78 is 1.91. The molecule has 1 saturated heterocycles. The van der Waals surface area contributed by atoms with Gasteiger partial charge in [-0.1, -0.05) is 32.4 Å². The summed E-state index contributed by atoms with van der Waals surface area (Å²) in [6, 6.07) is 1.98. The topological polar surface area (TPSA) is 46.8 Å². The Morgan fingerprint density at radius 2 is 2.10 bits per heavy atom. The molecule has 0 aliphatic carbocycles. The first-order chi connectivity index (χ1) is 9.91. The van der Waals surface area contributed by atoms with Crippen LogP contribution in [0.2, 0.25) is 5.02 Å². The maximum atomic E-state index is 5.88. The van der Waals surface area contributed by atoms with Gasteiger partial charge < -0.3 is 4.90 Å². The van der Waals surface area contributed by atoms with E-state index in [0.717, 1.165) is 31.3 Å². The average molecular weight is 306 g/mol. The van der Waals surface area contributed by atoms with Gasteiger partial charge in [0.15, 0.2) is 0 Å². The van der Waals surface area contributed by atoms with Crippen LogP contribution in [0.1, 0.15) is 26.6 Å². The molecule has 0 saturated carbocycles. The number of aromatic nitrogens is 4. The fraction of sp³-hybridized carbons (Fsp3) is 0.533. The lowest BCUT2D eigenvalue weighted by Gasteiger charge is -2.40. The van der Waals surface area contributed by atoms with E-state index in [1.807, 2.05) is 23.1 Å². The van der Waals surface area contributed by atoms with Crippen LogP contribution >= 0.6 is 11.6 Å². The number of halogens is 1. The summed E-state index contributed by atoms with van der Waals surface area (Å²) in [5, 5.41) is 4.91. The van der Waals surface area contributed by atoms with Crippen molar-refractivity contribution in [1.29, 1.82) is 0 Å². The summed E-state index contributed by atoms with van der Waals surface area (Å²) in [7, 11) is 0. The minimum Gasteiger partial charge on any atom is -0.356 e. The van der Waals surface area contributed by atoms with Crippen LogP contribution in [-0.4, -0.2) is 32.8 Å². The summed E-state index contributed by atoms with van der Waals surface area (Å²) in [5.41, 5.74) is -0.0217. The second-order valence-electron chi connectivity index (χ2n) is 6.64. The zero-order valence-corrected chi connectivity index (χ0v) is 13.4. The highest BCUT2D eigenvalue weighted by Crippen LogP contribution is 2.26. The number of nitrogens with zero attached hydrogens (tertiary/aromatic N) is 5. The van der Waals surface area contributed by atoms with E-state index in [0.29, 0.717) is 10.9 Å². The summed E-state index contributed by atoms with van der Waals surface area (Å²) >= 11 is 5.88. The highest BCUT2D eigenvalue weighted by Gasteiger charge is 2.29. The molecule has 2 aromatic rings. The molecule has 3 heterocycles. The molecule has 21 heavy (non-hydrogen) atoms. The van der Waals surface area contributed by atoms with E-state index in [2.05, 4.69) is 40.7 Å². The van der Waals surface area contributed by atoms with E-state index >= 15 is 0 Å². The Labute approximate surface area is 130 Å². The minimum absolute atomic E-state index is 0.0217. The molecule has 112 valence electrons. The molecule has 0 spiro atoms. The molecule has 0 radical (unpaired) electrons. The summed E-state index contributed by atoms with van der Waals surface area (Å²) in [6.45, 7) is 9.29. The lowest BCUT2D eigenvalue weighted by molar-refractivity contribution is 0.339. The van der Waals surface area contributed by atoms with Crippen LogP contribution in [0, 0.1) is 5.92 Å². The molecule has 3 rings (SSSR count). The van der Waals surface area contributed by atoms with Gasteiger partial charge in [-0.25, -0.2) is 9.97 Å². The molecule has 0 atom stereocenters. The quantitative estimate of drug-likeness (QED) is 0.875. The van der Waals surface area contributed by atoms with Crippen LogP contribution < -0.4 is 4.90 Å². The fourth-order valence-corrected chi connectivity index (χ4v) is 2.62. The number of anilines is 1. The Hall–Kier alpha value is -1.62. The molecule has 5 nitrogen and oxygen atoms in total. The largest absolute Gasteiger partial charge is 0.356 e. The van der Waals surface area contributed by atoms with Crippen molar-refractivity contribution in [2.45, 2.75) is 32.7 Å². The van der Waals surface area contributed by atoms with E-state index in [1.54, 1.807) is 6.20 Å². The van der Waals surface area contributed by atoms with Crippen LogP contribution in [-0.2, 0) is 12.0 Å². The van der Waals surface area contributed by atoms with E-state index in [9.17, 15) is 0 Å². The maximum Gasteiger partial charge on any atom is 0.135 e. The van der Waals surface area contributed by atoms with E-state index in [4.69, 9.17) is 11.6 Å². The average Bonchev–Trinajstić information content (AvgIpc) is 2.78. The molecular formula is C15H20ClN5. The van der Waals surface area contributed by atoms with Gasteiger partial charge in [0.05, 0.1) is 11.2 Å². The molecule has 0 N–H and O–H groups in total. The van der Waals surface area contributed by atoms with Crippen molar-refractivity contribution in [3.8, 4) is 0 Å². The third-order valence-corrected chi connectivity index (χ3v) is 3.84. The highest BCUT2D eigenvalue weighted by atomic mass is 35.5. The van der Waals surface area contributed by atoms with Gasteiger partial charge in [0, 0.05) is 43.4 Å². The van der Waals surface area contributed by atoms with Crippen molar-refractivity contribution >= 4 is 17.4 Å². The number of hydrogen-bond acceptors (Lipinski definition) is 4. The van der Waals surface area contributed by atoms with Crippen LogP contribution in [0.3, 0.4) is 0 Å². The van der Waals surface area contributed by atoms with E-state index in [1.165, 1.54) is 0 Å². The fourth-order valence-electron chi connectivity index (χ4n) is 2.46. The standard InChI is InChI=1S/C15H20ClN5/c1-15(2,3)14-17-5-4-13(19-14)20-7-11(8-20)9-21-10-12(16)6-18-21/h4-6,10-11H,7-9H2,1-3H3. The van der Waals surface area contributed by atoms with Crippen molar-refractivity contribution in [3.63, 3.8) is 0 Å². The van der Waals surface area contributed by atoms with Gasteiger partial charge >= 0.3 is 0 Å². The Morgan fingerprint density at radius 3 is 2.71 bits per heavy atom. The first-order valence-electron chi connectivity index (χ1n) is 7.18. The minimum atomic E-state index is -0.0217. The molecule has 1 fully saturated rings. The first-order valence-corrected chi connectivity index (χ1v) is 7.56. The molecule has 0 amide bonds. The molecule has 0 unspecified atom stereocenters. The molecule has 2 aromatic heterocycles. The number of hydrogen-bond donors (Lipinski definition) is 0. The molecular weight excluding hydrogens is 286 g/mol. The second kappa shape index (κ2) is 5.30. The lowest BCUT2D eigenvalue weighted by atomic mass is 9.95. The Bertz CT molecular complexity index is 625. The molecule has 0 bridgehead atoms. The van der Waals surface area contributed by atoms with Gasteiger partial charge in [-0.05, 0) is 6.07 Å². The summed E-state index contributed by atoms with van der Waals surface area (Å²) in [6.07, 6.45) is 5.40. The van der Waals surface area contributed by atoms with Crippen LogP contribution in [0.15, 0.2) is 24.7 Å². The SMILES string of the molecule is CC(C)(C)c1nccc(N2CC(Cn3cc(Cl)cn3)C2)n1. The molecule has 6 heteroatoms. The van der Waals surface area contributed by atoms with Gasteiger partial charge in [0.2, 0.25) is 0 Å². The Kier molecular flexibility index (Phi) is 3.61. The van der Waals surface area contributed by atoms with Crippen molar-refractivity contribution in [1.82, 2.24) is 19.7 Å². The highest BCUT2D eigenvalue weighted by molar-refractivity contribution is 6.30. The zero-order valence-electron chi connectivity index (χ0n) is 12.6. The second-order valence-corrected chi connectivity index (χ2v) is 7.08. The monoisotopic (exact) mass is 305 g/mol. The van der Waals surface area contributed by atoms with Crippen molar-refractivity contribution < 1.29 is 0 Å². The van der Waals surface area contributed by atoms with Crippen molar-refractivity contribution in [2.75, 3.05) is 18.0 Å². The third-order valence-electron chi connectivity index (χ3n) is 3.64. The van der Waals surface area contributed by atoms with E-state index < -0.39 is 0 Å². The van der Waals surface area contributed by atoms with Crippen LogP contribution in [0.5, 0.6) is 0 Å². The Morgan fingerprint density at radius 1 is 1.33 bits per heavy atom. The normalized spacial score (nSPS) is 16.1. The van der Waals surface area contributed by atoms with Crippen LogP contribution in [0.25, 0.3) is 0 Å². The van der Waals surface area contributed by atoms with Gasteiger partial charge in [-0.2, -0.15) is 5.10 Å². The predicted octanol–water partition coefficient (Wildman–Crippen LogP) is 2.76. The molecule has 1 aliphatic heterocycles. The predicted molar refractivity (Wildman–Crippen MR) is 83.7 cm³/mol. The van der Waals surface area contributed by atoms with Crippen molar-refractivity contribution in [3.05, 3.63) is 35.5 Å². The first kappa shape index (κ1) is 14.3. The van der Waals surface area contributed by atoms with Gasteiger partial charge in [0.1, 0.15) is 11.6 Å². The molecule has 1 aliphatic rings. The lowest BCUT2D eigenvalue weighted by Crippen LogP contribution is -2.49. The maximum absolute atomic E-state index is 5.88.